The minimum atomic E-state index is -0.995. The molecule has 3 aliphatic rings. The SMILES string of the molecule is CC1(C)O[C@@H]2C(=O)N3[C@@H](c4ccccc4)CO[C@]3(COCc3ccccc3)[C@@H]2O1. The number of rotatable bonds is 5. The molecule has 0 N–H and O–H groups in total. The molecule has 0 radical (unpaired) electrons. The molecule has 0 spiro atoms. The molecule has 0 bridgehead atoms. The molecule has 3 saturated heterocycles. The summed E-state index contributed by atoms with van der Waals surface area (Å²) in [5, 5.41) is 0. The first-order chi connectivity index (χ1) is 14.0. The Hall–Kier alpha value is -2.25. The van der Waals surface area contributed by atoms with Crippen LogP contribution in [0.1, 0.15) is 31.0 Å². The Kier molecular flexibility index (Phi) is 4.47. The minimum Gasteiger partial charge on any atom is -0.372 e. The van der Waals surface area contributed by atoms with Gasteiger partial charge in [-0.25, -0.2) is 0 Å². The molecule has 0 unspecified atom stereocenters. The van der Waals surface area contributed by atoms with Crippen LogP contribution in [0.25, 0.3) is 0 Å². The molecule has 2 aromatic carbocycles. The van der Waals surface area contributed by atoms with Crippen LogP contribution in [0.5, 0.6) is 0 Å². The van der Waals surface area contributed by atoms with E-state index in [0.29, 0.717) is 13.2 Å². The summed E-state index contributed by atoms with van der Waals surface area (Å²) in [5.74, 6) is -0.937. The predicted octanol–water partition coefficient (Wildman–Crippen LogP) is 3.03. The molecule has 3 fully saturated rings. The monoisotopic (exact) mass is 395 g/mol. The Morgan fingerprint density at radius 2 is 1.72 bits per heavy atom. The first kappa shape index (κ1) is 18.8. The van der Waals surface area contributed by atoms with Crippen molar-refractivity contribution >= 4 is 5.91 Å². The van der Waals surface area contributed by atoms with E-state index < -0.39 is 23.7 Å². The van der Waals surface area contributed by atoms with E-state index in [-0.39, 0.29) is 18.6 Å². The van der Waals surface area contributed by atoms with Gasteiger partial charge in [-0.3, -0.25) is 9.69 Å². The predicted molar refractivity (Wildman–Crippen MR) is 105 cm³/mol. The Balaban J connectivity index is 1.44. The van der Waals surface area contributed by atoms with E-state index in [1.807, 2.05) is 74.5 Å². The highest BCUT2D eigenvalue weighted by atomic mass is 16.8. The molecule has 3 aliphatic heterocycles. The van der Waals surface area contributed by atoms with Crippen LogP contribution >= 0.6 is 0 Å². The number of carbonyl (C=O) groups excluding carboxylic acids is 1. The van der Waals surface area contributed by atoms with Gasteiger partial charge in [-0.2, -0.15) is 0 Å². The lowest BCUT2D eigenvalue weighted by molar-refractivity contribution is -0.220. The van der Waals surface area contributed by atoms with E-state index in [2.05, 4.69) is 0 Å². The third-order valence-corrected chi connectivity index (χ3v) is 5.84. The van der Waals surface area contributed by atoms with Gasteiger partial charge in [-0.15, -0.1) is 0 Å². The van der Waals surface area contributed by atoms with E-state index in [4.69, 9.17) is 18.9 Å². The molecule has 2 aromatic rings. The summed E-state index contributed by atoms with van der Waals surface area (Å²) in [6.07, 6.45) is -1.22. The van der Waals surface area contributed by atoms with Crippen LogP contribution in [0, 0.1) is 0 Å². The maximum atomic E-state index is 13.4. The molecule has 3 heterocycles. The number of nitrogens with zero attached hydrogens (tertiary/aromatic N) is 1. The standard InChI is InChI=1S/C23H25NO5/c1-22(2)28-19-20(29-22)23(15-26-13-16-9-5-3-6-10-16)24(21(19)25)18(14-27-23)17-11-7-4-8-12-17/h3-12,18-20H,13-15H2,1-2H3/t18-,19+,20-,23-/m1/s1. The van der Waals surface area contributed by atoms with Crippen LogP contribution in [0.3, 0.4) is 0 Å². The summed E-state index contributed by atoms with van der Waals surface area (Å²) in [6, 6.07) is 19.7. The summed E-state index contributed by atoms with van der Waals surface area (Å²) >= 11 is 0. The zero-order valence-corrected chi connectivity index (χ0v) is 16.6. The molecular weight excluding hydrogens is 370 g/mol. The second kappa shape index (κ2) is 6.92. The van der Waals surface area contributed by atoms with Crippen LogP contribution in [0.15, 0.2) is 60.7 Å². The molecule has 6 nitrogen and oxygen atoms in total. The van der Waals surface area contributed by atoms with Gasteiger partial charge in [0.2, 0.25) is 0 Å². The van der Waals surface area contributed by atoms with E-state index in [1.54, 1.807) is 4.90 Å². The highest BCUT2D eigenvalue weighted by Gasteiger charge is 2.70. The summed E-state index contributed by atoms with van der Waals surface area (Å²) in [7, 11) is 0. The average molecular weight is 395 g/mol. The van der Waals surface area contributed by atoms with Crippen molar-refractivity contribution in [3.8, 4) is 0 Å². The van der Waals surface area contributed by atoms with E-state index in [0.717, 1.165) is 11.1 Å². The molecule has 4 atom stereocenters. The third kappa shape index (κ3) is 3.07. The fourth-order valence-electron chi connectivity index (χ4n) is 4.60. The van der Waals surface area contributed by atoms with Gasteiger partial charge in [-0.05, 0) is 25.0 Å². The van der Waals surface area contributed by atoms with Gasteiger partial charge in [0, 0.05) is 0 Å². The second-order valence-electron chi connectivity index (χ2n) is 8.25. The van der Waals surface area contributed by atoms with Crippen LogP contribution in [-0.2, 0) is 30.3 Å². The largest absolute Gasteiger partial charge is 0.372 e. The maximum Gasteiger partial charge on any atom is 0.257 e. The Bertz CT molecular complexity index is 887. The van der Waals surface area contributed by atoms with E-state index >= 15 is 0 Å². The molecule has 152 valence electrons. The molecule has 0 saturated carbocycles. The highest BCUT2D eigenvalue weighted by molar-refractivity contribution is 5.86. The molecular formula is C23H25NO5. The van der Waals surface area contributed by atoms with Gasteiger partial charge < -0.3 is 18.9 Å². The Labute approximate surface area is 170 Å². The average Bonchev–Trinajstić information content (AvgIpc) is 3.32. The van der Waals surface area contributed by atoms with Crippen LogP contribution in [-0.4, -0.2) is 47.7 Å². The van der Waals surface area contributed by atoms with Gasteiger partial charge in [0.05, 0.1) is 25.9 Å². The van der Waals surface area contributed by atoms with Crippen molar-refractivity contribution < 1.29 is 23.7 Å². The van der Waals surface area contributed by atoms with Crippen molar-refractivity contribution in [2.45, 2.75) is 50.2 Å². The smallest absolute Gasteiger partial charge is 0.257 e. The van der Waals surface area contributed by atoms with Gasteiger partial charge in [0.25, 0.3) is 5.91 Å². The van der Waals surface area contributed by atoms with Crippen molar-refractivity contribution in [1.82, 2.24) is 4.90 Å². The van der Waals surface area contributed by atoms with Crippen LogP contribution in [0.2, 0.25) is 0 Å². The number of fused-ring (bicyclic) bond motifs is 3. The molecule has 5 rings (SSSR count). The van der Waals surface area contributed by atoms with Crippen molar-refractivity contribution in [2.24, 2.45) is 0 Å². The number of amides is 1. The van der Waals surface area contributed by atoms with Crippen LogP contribution < -0.4 is 0 Å². The van der Waals surface area contributed by atoms with Crippen molar-refractivity contribution in [3.05, 3.63) is 71.8 Å². The number of benzene rings is 2. The third-order valence-electron chi connectivity index (χ3n) is 5.84. The van der Waals surface area contributed by atoms with Crippen molar-refractivity contribution in [2.75, 3.05) is 13.2 Å². The quantitative estimate of drug-likeness (QED) is 0.779. The first-order valence-electron chi connectivity index (χ1n) is 10.00. The topological polar surface area (TPSA) is 57.2 Å². The maximum absolute atomic E-state index is 13.4. The zero-order valence-electron chi connectivity index (χ0n) is 16.6. The summed E-state index contributed by atoms with van der Waals surface area (Å²) < 4.78 is 24.5. The van der Waals surface area contributed by atoms with E-state index in [9.17, 15) is 4.79 Å². The number of carbonyl (C=O) groups is 1. The summed E-state index contributed by atoms with van der Waals surface area (Å²) in [6.45, 7) is 4.71. The lowest BCUT2D eigenvalue weighted by atomic mass is 10.1. The van der Waals surface area contributed by atoms with Crippen molar-refractivity contribution in [1.29, 1.82) is 0 Å². The molecule has 1 amide bonds. The fraction of sp³-hybridized carbons (Fsp3) is 0.435. The fourth-order valence-corrected chi connectivity index (χ4v) is 4.60. The minimum absolute atomic E-state index is 0.102. The molecule has 29 heavy (non-hydrogen) atoms. The number of hydrogen-bond acceptors (Lipinski definition) is 5. The van der Waals surface area contributed by atoms with Gasteiger partial charge in [0.1, 0.15) is 6.10 Å². The first-order valence-corrected chi connectivity index (χ1v) is 10.00. The van der Waals surface area contributed by atoms with Crippen molar-refractivity contribution in [3.63, 3.8) is 0 Å². The van der Waals surface area contributed by atoms with E-state index in [1.165, 1.54) is 0 Å². The summed E-state index contributed by atoms with van der Waals surface area (Å²) in [5.41, 5.74) is 1.10. The number of hydrogen-bond donors (Lipinski definition) is 0. The lowest BCUT2D eigenvalue weighted by Crippen LogP contribution is -2.54. The Morgan fingerprint density at radius 1 is 1.03 bits per heavy atom. The molecule has 0 aromatic heterocycles. The summed E-state index contributed by atoms with van der Waals surface area (Å²) in [4.78, 5) is 15.2. The van der Waals surface area contributed by atoms with Gasteiger partial charge in [-0.1, -0.05) is 60.7 Å². The molecule has 0 aliphatic carbocycles. The lowest BCUT2D eigenvalue weighted by Gasteiger charge is -2.36. The number of ether oxygens (including phenoxy) is 4. The van der Waals surface area contributed by atoms with Gasteiger partial charge in [0.15, 0.2) is 17.6 Å². The zero-order chi connectivity index (χ0) is 20.1. The van der Waals surface area contributed by atoms with Crippen LogP contribution in [0.4, 0.5) is 0 Å². The highest BCUT2D eigenvalue weighted by Crippen LogP contribution is 2.51. The second-order valence-corrected chi connectivity index (χ2v) is 8.25. The normalized spacial score (nSPS) is 32.4. The van der Waals surface area contributed by atoms with Gasteiger partial charge >= 0.3 is 0 Å². The Morgan fingerprint density at radius 3 is 2.45 bits per heavy atom. The molecule has 6 heteroatoms.